The molecular formula is C14H16N4O2S. The Morgan fingerprint density at radius 2 is 2.24 bits per heavy atom. The molecule has 3 N–H and O–H groups in total. The number of hydrogen-bond acceptors (Lipinski definition) is 4. The highest BCUT2D eigenvalue weighted by Crippen LogP contribution is 2.31. The molecule has 0 atom stereocenters. The number of nitrogens with zero attached hydrogens (tertiary/aromatic N) is 1. The van der Waals surface area contributed by atoms with Crippen molar-refractivity contribution in [3.05, 3.63) is 34.5 Å². The molecule has 7 heteroatoms. The van der Waals surface area contributed by atoms with Crippen molar-refractivity contribution in [2.75, 3.05) is 5.32 Å². The first-order valence-corrected chi connectivity index (χ1v) is 7.63. The van der Waals surface area contributed by atoms with Crippen molar-refractivity contribution in [2.45, 2.75) is 26.3 Å². The Bertz CT molecular complexity index is 672. The Balaban J connectivity index is 1.56. The molecule has 2 amide bonds. The van der Waals surface area contributed by atoms with Crippen LogP contribution in [0.1, 0.15) is 33.8 Å². The molecule has 6 nitrogen and oxygen atoms in total. The number of aromatic nitrogens is 2. The minimum Gasteiger partial charge on any atom is -0.347 e. The second-order valence-electron chi connectivity index (χ2n) is 5.13. The number of H-pyrrole nitrogens is 1. The second kappa shape index (κ2) is 5.69. The van der Waals surface area contributed by atoms with Crippen LogP contribution in [0.5, 0.6) is 0 Å². The van der Waals surface area contributed by atoms with E-state index in [0.717, 1.165) is 29.1 Å². The van der Waals surface area contributed by atoms with Crippen molar-refractivity contribution >= 4 is 28.2 Å². The van der Waals surface area contributed by atoms with E-state index in [1.54, 1.807) is 18.3 Å². The van der Waals surface area contributed by atoms with Gasteiger partial charge in [-0.1, -0.05) is 0 Å². The van der Waals surface area contributed by atoms with Crippen LogP contribution in [-0.2, 0) is 11.3 Å². The zero-order chi connectivity index (χ0) is 14.8. The maximum absolute atomic E-state index is 12.1. The minimum absolute atomic E-state index is 0.0535. The third-order valence-corrected chi connectivity index (χ3v) is 4.40. The standard InChI is InChI=1S/C14H16N4O2S/c1-8-10(7-16-18-8)6-15-14(20)11-4-5-12(21-11)17-13(19)9-2-3-9/h4-5,7,9H,2-3,6H2,1H3,(H,15,20)(H,16,18)(H,17,19). The van der Waals surface area contributed by atoms with Crippen LogP contribution in [0.3, 0.4) is 0 Å². The van der Waals surface area contributed by atoms with Crippen LogP contribution in [0, 0.1) is 12.8 Å². The van der Waals surface area contributed by atoms with Crippen molar-refractivity contribution < 1.29 is 9.59 Å². The van der Waals surface area contributed by atoms with E-state index in [9.17, 15) is 9.59 Å². The van der Waals surface area contributed by atoms with E-state index in [4.69, 9.17) is 0 Å². The third kappa shape index (κ3) is 3.30. The molecule has 0 saturated heterocycles. The minimum atomic E-state index is -0.146. The lowest BCUT2D eigenvalue weighted by Crippen LogP contribution is -2.21. The van der Waals surface area contributed by atoms with Gasteiger partial charge in [0.1, 0.15) is 0 Å². The zero-order valence-electron chi connectivity index (χ0n) is 11.6. The van der Waals surface area contributed by atoms with E-state index in [1.165, 1.54) is 11.3 Å². The van der Waals surface area contributed by atoms with E-state index < -0.39 is 0 Å². The number of thiophene rings is 1. The van der Waals surface area contributed by atoms with Gasteiger partial charge in [0.2, 0.25) is 5.91 Å². The fraction of sp³-hybridized carbons (Fsp3) is 0.357. The number of rotatable bonds is 5. The number of carbonyl (C=O) groups excluding carboxylic acids is 2. The molecule has 2 heterocycles. The first-order chi connectivity index (χ1) is 10.1. The van der Waals surface area contributed by atoms with Crippen LogP contribution in [0.25, 0.3) is 0 Å². The summed E-state index contributed by atoms with van der Waals surface area (Å²) in [5.41, 5.74) is 1.90. The predicted molar refractivity (Wildman–Crippen MR) is 80.2 cm³/mol. The molecule has 21 heavy (non-hydrogen) atoms. The molecule has 0 unspecified atom stereocenters. The molecule has 2 aromatic rings. The summed E-state index contributed by atoms with van der Waals surface area (Å²) in [6, 6.07) is 3.49. The SMILES string of the molecule is Cc1[nH]ncc1CNC(=O)c1ccc(NC(=O)C2CC2)s1. The molecule has 0 aromatic carbocycles. The fourth-order valence-corrected chi connectivity index (χ4v) is 2.74. The van der Waals surface area contributed by atoms with Crippen molar-refractivity contribution in [1.29, 1.82) is 0 Å². The van der Waals surface area contributed by atoms with Gasteiger partial charge in [-0.15, -0.1) is 11.3 Å². The Hall–Kier alpha value is -2.15. The normalized spacial score (nSPS) is 14.0. The highest BCUT2D eigenvalue weighted by molar-refractivity contribution is 7.18. The van der Waals surface area contributed by atoms with Crippen LogP contribution < -0.4 is 10.6 Å². The van der Waals surface area contributed by atoms with Crippen LogP contribution >= 0.6 is 11.3 Å². The first kappa shape index (κ1) is 13.8. The van der Waals surface area contributed by atoms with Gasteiger partial charge in [-0.05, 0) is 31.9 Å². The zero-order valence-corrected chi connectivity index (χ0v) is 12.4. The molecule has 0 radical (unpaired) electrons. The maximum atomic E-state index is 12.1. The average Bonchev–Trinajstić information content (AvgIpc) is 3.09. The first-order valence-electron chi connectivity index (χ1n) is 6.81. The number of carbonyl (C=O) groups is 2. The number of hydrogen-bond donors (Lipinski definition) is 3. The number of amides is 2. The van der Waals surface area contributed by atoms with Gasteiger partial charge in [-0.2, -0.15) is 5.10 Å². The Morgan fingerprint density at radius 1 is 1.43 bits per heavy atom. The lowest BCUT2D eigenvalue weighted by Gasteiger charge is -2.02. The molecule has 1 aliphatic carbocycles. The summed E-state index contributed by atoms with van der Waals surface area (Å²) in [7, 11) is 0. The second-order valence-corrected chi connectivity index (χ2v) is 6.21. The molecular weight excluding hydrogens is 288 g/mol. The van der Waals surface area contributed by atoms with Gasteiger partial charge in [0.05, 0.1) is 16.1 Å². The predicted octanol–water partition coefficient (Wildman–Crippen LogP) is 2.06. The molecule has 0 bridgehead atoms. The highest BCUT2D eigenvalue weighted by atomic mass is 32.1. The molecule has 110 valence electrons. The Labute approximate surface area is 125 Å². The summed E-state index contributed by atoms with van der Waals surface area (Å²) in [5.74, 6) is 0.0683. The van der Waals surface area contributed by atoms with Gasteiger partial charge in [0, 0.05) is 23.7 Å². The Morgan fingerprint density at radius 3 is 2.90 bits per heavy atom. The van der Waals surface area contributed by atoms with Crippen LogP contribution in [0.15, 0.2) is 18.3 Å². The lowest BCUT2D eigenvalue weighted by molar-refractivity contribution is -0.117. The molecule has 1 fully saturated rings. The van der Waals surface area contributed by atoms with E-state index in [2.05, 4.69) is 20.8 Å². The monoisotopic (exact) mass is 304 g/mol. The van der Waals surface area contributed by atoms with Gasteiger partial charge >= 0.3 is 0 Å². The van der Waals surface area contributed by atoms with Crippen molar-refractivity contribution in [1.82, 2.24) is 15.5 Å². The van der Waals surface area contributed by atoms with Gasteiger partial charge in [0.15, 0.2) is 0 Å². The summed E-state index contributed by atoms with van der Waals surface area (Å²) >= 11 is 1.29. The van der Waals surface area contributed by atoms with Gasteiger partial charge in [0.25, 0.3) is 5.91 Å². The van der Waals surface area contributed by atoms with Crippen LogP contribution in [0.4, 0.5) is 5.00 Å². The summed E-state index contributed by atoms with van der Waals surface area (Å²) in [6.07, 6.45) is 3.63. The fourth-order valence-electron chi connectivity index (χ4n) is 1.91. The largest absolute Gasteiger partial charge is 0.347 e. The quantitative estimate of drug-likeness (QED) is 0.790. The van der Waals surface area contributed by atoms with Gasteiger partial charge in [-0.3, -0.25) is 14.7 Å². The molecule has 3 rings (SSSR count). The van der Waals surface area contributed by atoms with Gasteiger partial charge in [-0.25, -0.2) is 0 Å². The number of anilines is 1. The number of nitrogens with one attached hydrogen (secondary N) is 3. The summed E-state index contributed by atoms with van der Waals surface area (Å²) in [5, 5.41) is 13.1. The topological polar surface area (TPSA) is 86.9 Å². The molecule has 2 aromatic heterocycles. The average molecular weight is 304 g/mol. The van der Waals surface area contributed by atoms with E-state index in [-0.39, 0.29) is 17.7 Å². The number of aryl methyl sites for hydroxylation is 1. The van der Waals surface area contributed by atoms with Crippen molar-refractivity contribution in [3.8, 4) is 0 Å². The lowest BCUT2D eigenvalue weighted by atomic mass is 10.2. The summed E-state index contributed by atoms with van der Waals surface area (Å²) in [6.45, 7) is 2.34. The van der Waals surface area contributed by atoms with E-state index in [1.807, 2.05) is 6.92 Å². The van der Waals surface area contributed by atoms with Crippen LogP contribution in [-0.4, -0.2) is 22.0 Å². The van der Waals surface area contributed by atoms with E-state index >= 15 is 0 Å². The smallest absolute Gasteiger partial charge is 0.261 e. The summed E-state index contributed by atoms with van der Waals surface area (Å²) < 4.78 is 0. The van der Waals surface area contributed by atoms with Crippen molar-refractivity contribution in [3.63, 3.8) is 0 Å². The van der Waals surface area contributed by atoms with Crippen LogP contribution in [0.2, 0.25) is 0 Å². The molecule has 0 spiro atoms. The van der Waals surface area contributed by atoms with Gasteiger partial charge < -0.3 is 10.6 Å². The highest BCUT2D eigenvalue weighted by Gasteiger charge is 2.29. The van der Waals surface area contributed by atoms with Crippen molar-refractivity contribution in [2.24, 2.45) is 5.92 Å². The maximum Gasteiger partial charge on any atom is 0.261 e. The molecule has 0 aliphatic heterocycles. The Kier molecular flexibility index (Phi) is 3.74. The summed E-state index contributed by atoms with van der Waals surface area (Å²) in [4.78, 5) is 24.3. The third-order valence-electron chi connectivity index (χ3n) is 3.40. The number of aromatic amines is 1. The van der Waals surface area contributed by atoms with E-state index in [0.29, 0.717) is 11.4 Å². The molecule has 1 aliphatic rings. The molecule has 1 saturated carbocycles.